The third kappa shape index (κ3) is 3.84. The van der Waals surface area contributed by atoms with Gasteiger partial charge in [-0.2, -0.15) is 18.4 Å². The van der Waals surface area contributed by atoms with Crippen molar-refractivity contribution >= 4 is 7.12 Å². The van der Waals surface area contributed by atoms with E-state index in [0.29, 0.717) is 12.0 Å². The Bertz CT molecular complexity index is 1050. The number of ether oxygens (including phenoxy) is 1. The van der Waals surface area contributed by atoms with Gasteiger partial charge in [-0.15, -0.1) is 0 Å². The van der Waals surface area contributed by atoms with Gasteiger partial charge in [-0.25, -0.2) is 0 Å². The smallest absolute Gasteiger partial charge is 0.487 e. The summed E-state index contributed by atoms with van der Waals surface area (Å²) in [6, 6.07) is 10.4. The van der Waals surface area contributed by atoms with Gasteiger partial charge in [0.2, 0.25) is 0 Å². The molecular formula is C21H16BF3N2O3. The van der Waals surface area contributed by atoms with Crippen LogP contribution in [-0.2, 0) is 11.3 Å². The summed E-state index contributed by atoms with van der Waals surface area (Å²) in [5.41, 5.74) is 0.604. The molecule has 2 atom stereocenters. The van der Waals surface area contributed by atoms with Crippen LogP contribution in [0.4, 0.5) is 13.2 Å². The normalized spacial score (nSPS) is 20.8. The molecule has 1 aliphatic heterocycles. The second kappa shape index (κ2) is 7.97. The van der Waals surface area contributed by atoms with E-state index in [9.17, 15) is 23.5 Å². The monoisotopic (exact) mass is 412 g/mol. The number of pyridine rings is 1. The zero-order chi connectivity index (χ0) is 21.3. The van der Waals surface area contributed by atoms with Crippen molar-refractivity contribution in [1.29, 1.82) is 5.26 Å². The van der Waals surface area contributed by atoms with Gasteiger partial charge < -0.3 is 14.4 Å². The van der Waals surface area contributed by atoms with Crippen molar-refractivity contribution < 1.29 is 27.6 Å². The molecule has 1 aromatic carbocycles. The van der Waals surface area contributed by atoms with Crippen LogP contribution in [0.5, 0.6) is 5.75 Å². The number of hydrogen-bond donors (Lipinski definition) is 1. The first-order chi connectivity index (χ1) is 14.4. The predicted molar refractivity (Wildman–Crippen MR) is 102 cm³/mol. The Balaban J connectivity index is 1.64. The zero-order valence-corrected chi connectivity index (χ0v) is 15.6. The third-order valence-electron chi connectivity index (χ3n) is 5.17. The average Bonchev–Trinajstić information content (AvgIpc) is 3.09. The highest BCUT2D eigenvalue weighted by molar-refractivity contribution is 6.53. The van der Waals surface area contributed by atoms with Gasteiger partial charge in [0.15, 0.2) is 0 Å². The van der Waals surface area contributed by atoms with Gasteiger partial charge in [0, 0.05) is 23.9 Å². The van der Waals surface area contributed by atoms with Crippen LogP contribution < -0.4 is 4.74 Å². The van der Waals surface area contributed by atoms with Gasteiger partial charge in [0.25, 0.3) is 0 Å². The van der Waals surface area contributed by atoms with Gasteiger partial charge in [-0.3, -0.25) is 4.98 Å². The third-order valence-corrected chi connectivity index (χ3v) is 5.17. The molecule has 0 radical (unpaired) electrons. The van der Waals surface area contributed by atoms with E-state index in [0.717, 1.165) is 11.6 Å². The molecular weight excluding hydrogens is 396 g/mol. The molecule has 1 aliphatic carbocycles. The van der Waals surface area contributed by atoms with Crippen LogP contribution in [0.3, 0.4) is 0 Å². The largest absolute Gasteiger partial charge is 0.488 e. The molecule has 0 saturated carbocycles. The summed E-state index contributed by atoms with van der Waals surface area (Å²) in [5, 5.41) is 19.6. The van der Waals surface area contributed by atoms with E-state index in [1.54, 1.807) is 30.6 Å². The van der Waals surface area contributed by atoms with E-state index in [1.165, 1.54) is 12.1 Å². The van der Waals surface area contributed by atoms with Crippen LogP contribution in [0, 0.1) is 17.2 Å². The Labute approximate surface area is 171 Å². The SMILES string of the molecule is N#Cc1ccc([C@@H]2OB(O)C3=C(C(F)(F)F)C=CCC32)cc1OCc1cccnc1. The number of alkyl halides is 3. The molecule has 1 unspecified atom stereocenters. The topological polar surface area (TPSA) is 75.4 Å². The molecule has 0 bridgehead atoms. The molecule has 1 aromatic heterocycles. The number of fused-ring (bicyclic) bond motifs is 1. The lowest BCUT2D eigenvalue weighted by molar-refractivity contribution is -0.0893. The highest BCUT2D eigenvalue weighted by Crippen LogP contribution is 2.48. The number of benzene rings is 1. The molecule has 1 saturated heterocycles. The van der Waals surface area contributed by atoms with E-state index in [4.69, 9.17) is 9.39 Å². The fourth-order valence-corrected chi connectivity index (χ4v) is 3.81. The van der Waals surface area contributed by atoms with E-state index >= 15 is 0 Å². The standard InChI is InChI=1S/C21H16BF3N2O3/c23-21(24,25)17-5-1-4-16-19(17)22(28)30-20(16)14-6-7-15(10-26)18(9-14)29-12-13-3-2-8-27-11-13/h1-3,5-9,11,16,20,28H,4,12H2/t16?,20-/m0/s1. The highest BCUT2D eigenvalue weighted by atomic mass is 19.4. The maximum Gasteiger partial charge on any atom is 0.488 e. The van der Waals surface area contributed by atoms with Crippen LogP contribution in [-0.4, -0.2) is 23.3 Å². The molecule has 2 aliphatic rings. The summed E-state index contributed by atoms with van der Waals surface area (Å²) < 4.78 is 51.4. The Morgan fingerprint density at radius 2 is 2.17 bits per heavy atom. The molecule has 9 heteroatoms. The van der Waals surface area contributed by atoms with Crippen molar-refractivity contribution in [1.82, 2.24) is 4.98 Å². The van der Waals surface area contributed by atoms with Crippen molar-refractivity contribution in [3.05, 3.63) is 82.6 Å². The number of nitrogens with zero attached hydrogens (tertiary/aromatic N) is 2. The summed E-state index contributed by atoms with van der Waals surface area (Å²) in [7, 11) is -1.64. The fourth-order valence-electron chi connectivity index (χ4n) is 3.81. The maximum absolute atomic E-state index is 13.4. The lowest BCUT2D eigenvalue weighted by atomic mass is 9.67. The Hall–Kier alpha value is -3.09. The zero-order valence-electron chi connectivity index (χ0n) is 15.6. The van der Waals surface area contributed by atoms with Crippen molar-refractivity contribution in [3.8, 4) is 11.8 Å². The number of nitriles is 1. The Morgan fingerprint density at radius 3 is 2.87 bits per heavy atom. The first-order valence-electron chi connectivity index (χ1n) is 9.25. The predicted octanol–water partition coefficient (Wildman–Crippen LogP) is 4.06. The van der Waals surface area contributed by atoms with Crippen LogP contribution in [0.2, 0.25) is 0 Å². The number of aromatic nitrogens is 1. The average molecular weight is 412 g/mol. The van der Waals surface area contributed by atoms with Crippen LogP contribution >= 0.6 is 0 Å². The quantitative estimate of drug-likeness (QED) is 0.767. The first-order valence-corrected chi connectivity index (χ1v) is 9.25. The lowest BCUT2D eigenvalue weighted by Gasteiger charge is -2.24. The molecule has 5 nitrogen and oxygen atoms in total. The van der Waals surface area contributed by atoms with Crippen LogP contribution in [0.1, 0.15) is 29.2 Å². The summed E-state index contributed by atoms with van der Waals surface area (Å²) in [4.78, 5) is 4.00. The van der Waals surface area contributed by atoms with E-state index in [2.05, 4.69) is 4.98 Å². The van der Waals surface area contributed by atoms with Crippen molar-refractivity contribution in [3.63, 3.8) is 0 Å². The maximum atomic E-state index is 13.4. The second-order valence-electron chi connectivity index (χ2n) is 7.04. The van der Waals surface area contributed by atoms with E-state index < -0.39 is 30.9 Å². The summed E-state index contributed by atoms with van der Waals surface area (Å²) in [6.07, 6.45) is 0.639. The number of allylic oxidation sites excluding steroid dienone is 3. The number of hydrogen-bond acceptors (Lipinski definition) is 5. The van der Waals surface area contributed by atoms with Gasteiger partial charge in [-0.05, 0) is 35.7 Å². The van der Waals surface area contributed by atoms with E-state index in [-0.39, 0.29) is 23.4 Å². The molecule has 1 fully saturated rings. The number of rotatable bonds is 4. The molecule has 152 valence electrons. The van der Waals surface area contributed by atoms with Gasteiger partial charge in [0.1, 0.15) is 18.4 Å². The Kier molecular flexibility index (Phi) is 5.37. The van der Waals surface area contributed by atoms with Crippen LogP contribution in [0.15, 0.2) is 65.9 Å². The molecule has 2 aromatic rings. The molecule has 0 spiro atoms. The molecule has 0 amide bonds. The van der Waals surface area contributed by atoms with Gasteiger partial charge in [0.05, 0.1) is 17.2 Å². The van der Waals surface area contributed by atoms with Crippen molar-refractivity contribution in [2.45, 2.75) is 25.3 Å². The highest BCUT2D eigenvalue weighted by Gasteiger charge is 2.50. The summed E-state index contributed by atoms with van der Waals surface area (Å²) >= 11 is 0. The Morgan fingerprint density at radius 1 is 1.33 bits per heavy atom. The fraction of sp³-hybridized carbons (Fsp3) is 0.238. The van der Waals surface area contributed by atoms with Crippen molar-refractivity contribution in [2.75, 3.05) is 0 Å². The van der Waals surface area contributed by atoms with Crippen LogP contribution in [0.25, 0.3) is 0 Å². The second-order valence-corrected chi connectivity index (χ2v) is 7.04. The molecule has 1 N–H and O–H groups in total. The molecule has 4 rings (SSSR count). The minimum absolute atomic E-state index is 0.155. The lowest BCUT2D eigenvalue weighted by Crippen LogP contribution is -2.24. The van der Waals surface area contributed by atoms with Gasteiger partial charge in [-0.1, -0.05) is 24.3 Å². The first kappa shape index (κ1) is 20.2. The molecule has 30 heavy (non-hydrogen) atoms. The van der Waals surface area contributed by atoms with Crippen molar-refractivity contribution in [2.24, 2.45) is 5.92 Å². The van der Waals surface area contributed by atoms with Gasteiger partial charge >= 0.3 is 13.3 Å². The molecule has 2 heterocycles. The summed E-state index contributed by atoms with van der Waals surface area (Å²) in [6.45, 7) is 0.176. The number of halogens is 3. The minimum atomic E-state index is -4.58. The minimum Gasteiger partial charge on any atom is -0.487 e. The van der Waals surface area contributed by atoms with E-state index in [1.807, 2.05) is 12.1 Å². The summed E-state index contributed by atoms with van der Waals surface area (Å²) in [5.74, 6) is -0.363.